The van der Waals surface area contributed by atoms with Crippen molar-refractivity contribution in [2.24, 2.45) is 0 Å². The first-order chi connectivity index (χ1) is 9.51. The molecule has 2 rings (SSSR count). The molecular weight excluding hydrogens is 322 g/mol. The van der Waals surface area contributed by atoms with Gasteiger partial charge in [0.2, 0.25) is 0 Å². The van der Waals surface area contributed by atoms with E-state index in [0.29, 0.717) is 9.21 Å². The van der Waals surface area contributed by atoms with Crippen molar-refractivity contribution in [2.75, 3.05) is 7.11 Å². The van der Waals surface area contributed by atoms with Gasteiger partial charge in [0.25, 0.3) is 5.69 Å². The van der Waals surface area contributed by atoms with Crippen LogP contribution in [0.4, 0.5) is 5.69 Å². The Morgan fingerprint density at radius 1 is 1.40 bits per heavy atom. The molecule has 0 radical (unpaired) electrons. The molecule has 0 bridgehead atoms. The number of nitrogens with zero attached hydrogens (tertiary/aromatic N) is 1. The molecule has 0 aromatic carbocycles. The summed E-state index contributed by atoms with van der Waals surface area (Å²) in [5, 5.41) is 11.0. The Bertz CT molecular complexity index is 689. The Morgan fingerprint density at radius 2 is 2.15 bits per heavy atom. The second-order valence-electron chi connectivity index (χ2n) is 3.58. The van der Waals surface area contributed by atoms with Crippen molar-refractivity contribution in [2.45, 2.75) is 0 Å². The molecule has 0 atom stereocenters. The van der Waals surface area contributed by atoms with Crippen LogP contribution in [0.2, 0.25) is 4.34 Å². The highest BCUT2D eigenvalue weighted by Crippen LogP contribution is 2.32. The van der Waals surface area contributed by atoms with E-state index in [1.54, 1.807) is 18.2 Å². The summed E-state index contributed by atoms with van der Waals surface area (Å²) in [6.45, 7) is 0. The Hall–Kier alpha value is -1.70. The van der Waals surface area contributed by atoms with E-state index in [1.807, 2.05) is 6.07 Å². The first-order valence-electron chi connectivity index (χ1n) is 5.31. The van der Waals surface area contributed by atoms with Gasteiger partial charge in [-0.15, -0.1) is 22.7 Å². The lowest BCUT2D eigenvalue weighted by Gasteiger charge is -1.90. The minimum Gasteiger partial charge on any atom is -0.465 e. The average Bonchev–Trinajstić information content (AvgIpc) is 3.01. The lowest BCUT2D eigenvalue weighted by Crippen LogP contribution is -1.97. The number of nitro groups is 1. The molecule has 5 nitrogen and oxygen atoms in total. The van der Waals surface area contributed by atoms with E-state index in [9.17, 15) is 14.9 Å². The molecule has 20 heavy (non-hydrogen) atoms. The summed E-state index contributed by atoms with van der Waals surface area (Å²) in [5.41, 5.74) is -0.116. The van der Waals surface area contributed by atoms with Gasteiger partial charge in [-0.05, 0) is 24.3 Å². The van der Waals surface area contributed by atoms with Crippen LogP contribution in [0.1, 0.15) is 19.4 Å². The third-order valence-electron chi connectivity index (χ3n) is 2.32. The van der Waals surface area contributed by atoms with Crippen molar-refractivity contribution in [1.29, 1.82) is 0 Å². The summed E-state index contributed by atoms with van der Waals surface area (Å²) in [6.07, 6.45) is 3.31. The number of carbonyl (C=O) groups excluding carboxylic acids is 1. The summed E-state index contributed by atoms with van der Waals surface area (Å²) in [4.78, 5) is 23.3. The molecule has 2 heterocycles. The van der Waals surface area contributed by atoms with Crippen LogP contribution in [0.5, 0.6) is 0 Å². The van der Waals surface area contributed by atoms with E-state index in [-0.39, 0.29) is 10.6 Å². The van der Waals surface area contributed by atoms with Gasteiger partial charge in [-0.3, -0.25) is 10.1 Å². The van der Waals surface area contributed by atoms with E-state index in [1.165, 1.54) is 24.5 Å². The molecule has 8 heteroatoms. The molecule has 0 N–H and O–H groups in total. The highest BCUT2D eigenvalue weighted by atomic mass is 35.5. The van der Waals surface area contributed by atoms with Crippen LogP contribution in [0.25, 0.3) is 12.2 Å². The quantitative estimate of drug-likeness (QED) is 0.475. The summed E-state index contributed by atoms with van der Waals surface area (Å²) in [6, 6.07) is 4.77. The largest absolute Gasteiger partial charge is 0.465 e. The first kappa shape index (κ1) is 14.7. The first-order valence-corrected chi connectivity index (χ1v) is 7.32. The van der Waals surface area contributed by atoms with Crippen molar-refractivity contribution >= 4 is 58.1 Å². The van der Waals surface area contributed by atoms with Gasteiger partial charge < -0.3 is 4.74 Å². The number of thiophene rings is 2. The molecule has 0 unspecified atom stereocenters. The van der Waals surface area contributed by atoms with Crippen LogP contribution in [-0.4, -0.2) is 18.0 Å². The predicted molar refractivity (Wildman–Crippen MR) is 80.6 cm³/mol. The second-order valence-corrected chi connectivity index (χ2v) is 6.41. The van der Waals surface area contributed by atoms with Crippen LogP contribution < -0.4 is 0 Å². The number of hydrogen-bond acceptors (Lipinski definition) is 6. The zero-order valence-electron chi connectivity index (χ0n) is 10.2. The number of rotatable bonds is 4. The smallest absolute Gasteiger partial charge is 0.348 e. The number of halogens is 1. The molecule has 0 aliphatic rings. The Kier molecular flexibility index (Phi) is 4.53. The third kappa shape index (κ3) is 3.24. The van der Waals surface area contributed by atoms with E-state index in [0.717, 1.165) is 16.2 Å². The van der Waals surface area contributed by atoms with Gasteiger partial charge in [0.1, 0.15) is 9.75 Å². The zero-order chi connectivity index (χ0) is 14.7. The van der Waals surface area contributed by atoms with Gasteiger partial charge in [0.05, 0.1) is 16.4 Å². The van der Waals surface area contributed by atoms with E-state index < -0.39 is 10.9 Å². The second kappa shape index (κ2) is 6.17. The summed E-state index contributed by atoms with van der Waals surface area (Å²) in [7, 11) is 1.23. The van der Waals surface area contributed by atoms with Crippen molar-refractivity contribution in [1.82, 2.24) is 0 Å². The van der Waals surface area contributed by atoms with Gasteiger partial charge in [-0.2, -0.15) is 0 Å². The SMILES string of the molecule is COC(=O)c1cc([N+](=O)[O-])c(/C=C/c2ccc(Cl)s2)s1. The predicted octanol–water partition coefficient (Wildman–Crippen LogP) is 4.33. The van der Waals surface area contributed by atoms with Crippen LogP contribution in [0, 0.1) is 10.1 Å². The number of hydrogen-bond donors (Lipinski definition) is 0. The molecule has 0 aliphatic heterocycles. The molecule has 0 saturated carbocycles. The maximum atomic E-state index is 11.4. The van der Waals surface area contributed by atoms with Crippen LogP contribution in [0.15, 0.2) is 18.2 Å². The maximum Gasteiger partial charge on any atom is 0.348 e. The lowest BCUT2D eigenvalue weighted by atomic mass is 10.3. The molecule has 0 fully saturated rings. The molecule has 0 amide bonds. The molecule has 0 saturated heterocycles. The summed E-state index contributed by atoms with van der Waals surface area (Å²) >= 11 is 8.18. The molecule has 0 aliphatic carbocycles. The Morgan fingerprint density at radius 3 is 2.70 bits per heavy atom. The number of methoxy groups -OCH3 is 1. The fourth-order valence-electron chi connectivity index (χ4n) is 1.43. The van der Waals surface area contributed by atoms with Gasteiger partial charge in [0, 0.05) is 10.9 Å². The minimum absolute atomic E-state index is 0.116. The molecular formula is C12H8ClNO4S2. The van der Waals surface area contributed by atoms with Crippen molar-refractivity contribution in [3.63, 3.8) is 0 Å². The number of carbonyl (C=O) groups is 1. The van der Waals surface area contributed by atoms with Gasteiger partial charge >= 0.3 is 5.97 Å². The Labute approximate surface area is 127 Å². The highest BCUT2D eigenvalue weighted by Gasteiger charge is 2.21. The van der Waals surface area contributed by atoms with Crippen molar-refractivity contribution in [3.05, 3.63) is 47.3 Å². The lowest BCUT2D eigenvalue weighted by molar-refractivity contribution is -0.384. The molecule has 0 spiro atoms. The van der Waals surface area contributed by atoms with Gasteiger partial charge in [-0.1, -0.05) is 11.6 Å². The normalized spacial score (nSPS) is 10.9. The van der Waals surface area contributed by atoms with Crippen LogP contribution in [0.3, 0.4) is 0 Å². The molecule has 2 aromatic rings. The van der Waals surface area contributed by atoms with Crippen LogP contribution in [-0.2, 0) is 4.74 Å². The molecule has 104 valence electrons. The Balaban J connectivity index is 2.34. The van der Waals surface area contributed by atoms with Gasteiger partial charge in [-0.25, -0.2) is 4.79 Å². The molecule has 2 aromatic heterocycles. The standard InChI is InChI=1S/C12H8ClNO4S2/c1-18-12(15)10-6-8(14(16)17)9(20-10)4-2-7-3-5-11(13)19-7/h2-6H,1H3/b4-2+. The van der Waals surface area contributed by atoms with Gasteiger partial charge in [0.15, 0.2) is 0 Å². The summed E-state index contributed by atoms with van der Waals surface area (Å²) in [5.74, 6) is -0.586. The van der Waals surface area contributed by atoms with Crippen molar-refractivity contribution in [3.8, 4) is 0 Å². The van der Waals surface area contributed by atoms with E-state index in [2.05, 4.69) is 4.74 Å². The average molecular weight is 330 g/mol. The van der Waals surface area contributed by atoms with E-state index >= 15 is 0 Å². The minimum atomic E-state index is -0.586. The number of esters is 1. The third-order valence-corrected chi connectivity index (χ3v) is 4.58. The van der Waals surface area contributed by atoms with Crippen molar-refractivity contribution < 1.29 is 14.5 Å². The zero-order valence-corrected chi connectivity index (χ0v) is 12.6. The monoisotopic (exact) mass is 329 g/mol. The summed E-state index contributed by atoms with van der Waals surface area (Å²) < 4.78 is 5.20. The topological polar surface area (TPSA) is 69.4 Å². The van der Waals surface area contributed by atoms with Crippen LogP contribution >= 0.6 is 34.3 Å². The fraction of sp³-hybridized carbons (Fsp3) is 0.0833. The van der Waals surface area contributed by atoms with E-state index in [4.69, 9.17) is 11.6 Å². The fourth-order valence-corrected chi connectivity index (χ4v) is 3.35. The maximum absolute atomic E-state index is 11.4. The highest BCUT2D eigenvalue weighted by molar-refractivity contribution is 7.17. The number of ether oxygens (including phenoxy) is 1.